The van der Waals surface area contributed by atoms with Crippen molar-refractivity contribution in [2.24, 2.45) is 0 Å². The summed E-state index contributed by atoms with van der Waals surface area (Å²) in [6.45, 7) is 3.80. The molecule has 1 unspecified atom stereocenters. The molecule has 6 nitrogen and oxygen atoms in total. The summed E-state index contributed by atoms with van der Waals surface area (Å²) in [5.41, 5.74) is 3.10. The Hall–Kier alpha value is -3.45. The Morgan fingerprint density at radius 1 is 1.03 bits per heavy atom. The fourth-order valence-corrected chi connectivity index (χ4v) is 6.29. The van der Waals surface area contributed by atoms with Gasteiger partial charge in [-0.1, -0.05) is 49.4 Å². The van der Waals surface area contributed by atoms with Gasteiger partial charge in [0.25, 0.3) is 5.56 Å². The highest BCUT2D eigenvalue weighted by Crippen LogP contribution is 2.34. The van der Waals surface area contributed by atoms with Crippen molar-refractivity contribution in [1.82, 2.24) is 9.13 Å². The number of thiophene rings is 1. The van der Waals surface area contributed by atoms with Crippen LogP contribution in [0.2, 0.25) is 0 Å². The lowest BCUT2D eigenvalue weighted by atomic mass is 9.97. The molecule has 0 bridgehead atoms. The first-order chi connectivity index (χ1) is 17.0. The van der Waals surface area contributed by atoms with E-state index in [9.17, 15) is 14.4 Å². The van der Waals surface area contributed by atoms with E-state index >= 15 is 0 Å². The summed E-state index contributed by atoms with van der Waals surface area (Å²) in [7, 11) is 0. The van der Waals surface area contributed by atoms with Gasteiger partial charge in [-0.05, 0) is 67.9 Å². The number of anilines is 1. The highest BCUT2D eigenvalue weighted by atomic mass is 32.1. The second-order valence-electron chi connectivity index (χ2n) is 9.12. The lowest BCUT2D eigenvalue weighted by molar-refractivity contribution is -0.116. The van der Waals surface area contributed by atoms with Crippen molar-refractivity contribution < 1.29 is 4.79 Å². The molecule has 180 valence electrons. The third kappa shape index (κ3) is 4.36. The Balaban J connectivity index is 1.61. The van der Waals surface area contributed by atoms with Crippen molar-refractivity contribution in [3.63, 3.8) is 0 Å². The van der Waals surface area contributed by atoms with Gasteiger partial charge in [-0.2, -0.15) is 0 Å². The molecule has 2 aromatic carbocycles. The molecule has 1 aliphatic rings. The lowest BCUT2D eigenvalue weighted by Gasteiger charge is -2.18. The summed E-state index contributed by atoms with van der Waals surface area (Å²) >= 11 is 1.49. The van der Waals surface area contributed by atoms with Crippen LogP contribution in [0.25, 0.3) is 10.2 Å². The molecular formula is C28H29N3O3S. The van der Waals surface area contributed by atoms with Gasteiger partial charge < -0.3 is 5.32 Å². The molecule has 1 N–H and O–H groups in total. The third-order valence-electron chi connectivity index (χ3n) is 6.88. The lowest BCUT2D eigenvalue weighted by Crippen LogP contribution is -2.43. The molecule has 2 aromatic heterocycles. The Kier molecular flexibility index (Phi) is 6.43. The van der Waals surface area contributed by atoms with Gasteiger partial charge in [0, 0.05) is 10.6 Å². The molecule has 1 aliphatic carbocycles. The number of aryl methyl sites for hydroxylation is 3. The zero-order valence-corrected chi connectivity index (χ0v) is 20.9. The molecule has 4 aromatic rings. The first-order valence-electron chi connectivity index (χ1n) is 12.2. The summed E-state index contributed by atoms with van der Waals surface area (Å²) < 4.78 is 2.82. The number of carbonyl (C=O) groups excluding carboxylic acids is 1. The Labute approximate surface area is 207 Å². The Bertz CT molecular complexity index is 1500. The minimum absolute atomic E-state index is 0.147. The number of rotatable bonds is 6. The van der Waals surface area contributed by atoms with E-state index in [2.05, 4.69) is 12.2 Å². The zero-order valence-electron chi connectivity index (χ0n) is 20.0. The standard InChI is InChI=1S/C28H29N3O3S/c1-3-19-13-15-21(16-14-19)29-24(32)17-30-27-25(22-11-7-8-12-23(22)35-27)26(33)31(28(30)34)18(2)20-9-5-4-6-10-20/h4-6,9-10,13-16,18H,3,7-8,11-12,17H2,1-2H3,(H,29,32). The van der Waals surface area contributed by atoms with E-state index in [-0.39, 0.29) is 18.0 Å². The van der Waals surface area contributed by atoms with E-state index in [0.717, 1.165) is 48.1 Å². The molecule has 0 spiro atoms. The van der Waals surface area contributed by atoms with Crippen molar-refractivity contribution in [1.29, 1.82) is 0 Å². The largest absolute Gasteiger partial charge is 0.333 e. The molecule has 5 rings (SSSR count). The number of nitrogens with zero attached hydrogens (tertiary/aromatic N) is 2. The number of carbonyl (C=O) groups is 1. The second-order valence-corrected chi connectivity index (χ2v) is 10.2. The molecule has 0 fully saturated rings. The van der Waals surface area contributed by atoms with Crippen LogP contribution in [0.5, 0.6) is 0 Å². The van der Waals surface area contributed by atoms with Gasteiger partial charge in [0.2, 0.25) is 5.91 Å². The molecular weight excluding hydrogens is 458 g/mol. The monoisotopic (exact) mass is 487 g/mol. The average Bonchev–Trinajstić information content (AvgIpc) is 3.27. The second kappa shape index (κ2) is 9.66. The summed E-state index contributed by atoms with van der Waals surface area (Å²) in [6, 6.07) is 16.8. The number of benzene rings is 2. The fourth-order valence-electron chi connectivity index (χ4n) is 4.92. The van der Waals surface area contributed by atoms with E-state index < -0.39 is 11.7 Å². The van der Waals surface area contributed by atoms with E-state index in [1.165, 1.54) is 26.0 Å². The summed E-state index contributed by atoms with van der Waals surface area (Å²) in [4.78, 5) is 42.3. The molecule has 2 heterocycles. The number of amides is 1. The van der Waals surface area contributed by atoms with Crippen LogP contribution >= 0.6 is 11.3 Å². The zero-order chi connectivity index (χ0) is 24.5. The van der Waals surface area contributed by atoms with Crippen LogP contribution in [0.4, 0.5) is 5.69 Å². The third-order valence-corrected chi connectivity index (χ3v) is 8.20. The minimum atomic E-state index is -0.450. The number of fused-ring (bicyclic) bond motifs is 3. The number of nitrogens with one attached hydrogen (secondary N) is 1. The predicted octanol–water partition coefficient (Wildman–Crippen LogP) is 4.91. The number of hydrogen-bond acceptors (Lipinski definition) is 4. The van der Waals surface area contributed by atoms with Crippen molar-refractivity contribution in [2.45, 2.75) is 58.5 Å². The average molecular weight is 488 g/mol. The first kappa shape index (κ1) is 23.3. The van der Waals surface area contributed by atoms with Gasteiger partial charge in [0.15, 0.2) is 0 Å². The van der Waals surface area contributed by atoms with Crippen LogP contribution in [0, 0.1) is 0 Å². The van der Waals surface area contributed by atoms with Crippen molar-refractivity contribution in [3.05, 3.63) is 97.0 Å². The molecule has 0 radical (unpaired) electrons. The van der Waals surface area contributed by atoms with E-state index in [4.69, 9.17) is 0 Å². The van der Waals surface area contributed by atoms with Crippen molar-refractivity contribution in [2.75, 3.05) is 5.32 Å². The fraction of sp³-hybridized carbons (Fsp3) is 0.321. The SMILES string of the molecule is CCc1ccc(NC(=O)Cn2c(=O)n(C(C)c3ccccc3)c(=O)c3c4c(sc32)CCCC4)cc1. The number of hydrogen-bond donors (Lipinski definition) is 1. The molecule has 1 amide bonds. The predicted molar refractivity (Wildman–Crippen MR) is 142 cm³/mol. The minimum Gasteiger partial charge on any atom is -0.325 e. The number of aromatic nitrogens is 2. The molecule has 35 heavy (non-hydrogen) atoms. The molecule has 0 aliphatic heterocycles. The van der Waals surface area contributed by atoms with Crippen LogP contribution in [0.1, 0.15) is 54.3 Å². The van der Waals surface area contributed by atoms with Crippen LogP contribution in [-0.4, -0.2) is 15.0 Å². The van der Waals surface area contributed by atoms with E-state index in [1.54, 1.807) is 0 Å². The van der Waals surface area contributed by atoms with Gasteiger partial charge in [0.05, 0.1) is 11.4 Å². The van der Waals surface area contributed by atoms with Crippen LogP contribution in [-0.2, 0) is 30.6 Å². The molecule has 7 heteroatoms. The van der Waals surface area contributed by atoms with Crippen molar-refractivity contribution in [3.8, 4) is 0 Å². The van der Waals surface area contributed by atoms with Gasteiger partial charge in [-0.3, -0.25) is 18.7 Å². The van der Waals surface area contributed by atoms with Crippen LogP contribution < -0.4 is 16.6 Å². The van der Waals surface area contributed by atoms with Crippen LogP contribution in [0.15, 0.2) is 64.2 Å². The maximum Gasteiger partial charge on any atom is 0.333 e. The molecule has 0 saturated carbocycles. The summed E-state index contributed by atoms with van der Waals surface area (Å²) in [5, 5.41) is 3.51. The Morgan fingerprint density at radius 3 is 2.46 bits per heavy atom. The Morgan fingerprint density at radius 2 is 1.74 bits per heavy atom. The van der Waals surface area contributed by atoms with Gasteiger partial charge in [0.1, 0.15) is 11.4 Å². The van der Waals surface area contributed by atoms with Gasteiger partial charge in [-0.25, -0.2) is 4.79 Å². The van der Waals surface area contributed by atoms with Crippen LogP contribution in [0.3, 0.4) is 0 Å². The normalized spacial score (nSPS) is 14.0. The summed E-state index contributed by atoms with van der Waals surface area (Å²) in [6.07, 6.45) is 4.77. The maximum absolute atomic E-state index is 13.8. The van der Waals surface area contributed by atoms with Gasteiger partial charge in [-0.15, -0.1) is 11.3 Å². The molecule has 1 atom stereocenters. The van der Waals surface area contributed by atoms with E-state index in [0.29, 0.717) is 15.9 Å². The maximum atomic E-state index is 13.8. The quantitative estimate of drug-likeness (QED) is 0.420. The van der Waals surface area contributed by atoms with Gasteiger partial charge >= 0.3 is 5.69 Å². The molecule has 0 saturated heterocycles. The topological polar surface area (TPSA) is 73.1 Å². The van der Waals surface area contributed by atoms with E-state index in [1.807, 2.05) is 61.5 Å². The first-order valence-corrected chi connectivity index (χ1v) is 13.0. The highest BCUT2D eigenvalue weighted by molar-refractivity contribution is 7.18. The smallest absolute Gasteiger partial charge is 0.325 e. The summed E-state index contributed by atoms with van der Waals surface area (Å²) in [5.74, 6) is -0.290. The van der Waals surface area contributed by atoms with Crippen molar-refractivity contribution >= 4 is 33.1 Å². The highest BCUT2D eigenvalue weighted by Gasteiger charge is 2.26.